The fourth-order valence-corrected chi connectivity index (χ4v) is 3.55. The maximum Gasteiger partial charge on any atom is 0.239 e. The topological polar surface area (TPSA) is 76.1 Å². The standard InChI is InChI=1S/C25H25N3O3/c1-18-13-23(29)24(31-17-19-7-3-2-4-8-19)15-28(18)16-25(30)26-12-11-20-14-27-22-10-6-5-9-21(20)22/h2-10,13-15,27H,11-12,16-17H2,1H3,(H,26,30). The summed E-state index contributed by atoms with van der Waals surface area (Å²) in [6.45, 7) is 2.77. The average molecular weight is 415 g/mol. The van der Waals surface area contributed by atoms with E-state index in [1.54, 1.807) is 10.8 Å². The van der Waals surface area contributed by atoms with Gasteiger partial charge in [0.25, 0.3) is 0 Å². The van der Waals surface area contributed by atoms with E-state index in [-0.39, 0.29) is 23.6 Å². The molecule has 0 saturated heterocycles. The molecule has 4 rings (SSSR count). The van der Waals surface area contributed by atoms with Gasteiger partial charge in [-0.2, -0.15) is 0 Å². The Labute approximate surface area is 180 Å². The van der Waals surface area contributed by atoms with Gasteiger partial charge in [0.1, 0.15) is 13.2 Å². The van der Waals surface area contributed by atoms with Crippen LogP contribution in [0, 0.1) is 6.92 Å². The molecule has 0 bridgehead atoms. The molecule has 0 aliphatic heterocycles. The maximum atomic E-state index is 12.5. The number of benzene rings is 2. The summed E-state index contributed by atoms with van der Waals surface area (Å²) in [7, 11) is 0. The zero-order valence-corrected chi connectivity index (χ0v) is 17.4. The first-order valence-corrected chi connectivity index (χ1v) is 10.3. The highest BCUT2D eigenvalue weighted by atomic mass is 16.5. The molecule has 0 spiro atoms. The van der Waals surface area contributed by atoms with Gasteiger partial charge in [0.2, 0.25) is 11.3 Å². The lowest BCUT2D eigenvalue weighted by Gasteiger charge is -2.13. The van der Waals surface area contributed by atoms with E-state index in [9.17, 15) is 9.59 Å². The number of para-hydroxylation sites is 1. The van der Waals surface area contributed by atoms with Crippen molar-refractivity contribution in [3.63, 3.8) is 0 Å². The SMILES string of the molecule is Cc1cc(=O)c(OCc2ccccc2)cn1CC(=O)NCCc1c[nH]c2ccccc12. The Balaban J connectivity index is 1.35. The first kappa shape index (κ1) is 20.5. The third-order valence-electron chi connectivity index (χ3n) is 5.25. The first-order chi connectivity index (χ1) is 15.1. The molecule has 0 aliphatic carbocycles. The summed E-state index contributed by atoms with van der Waals surface area (Å²) >= 11 is 0. The molecule has 0 saturated carbocycles. The van der Waals surface area contributed by atoms with E-state index in [2.05, 4.69) is 16.4 Å². The van der Waals surface area contributed by atoms with Gasteiger partial charge in [-0.3, -0.25) is 9.59 Å². The van der Waals surface area contributed by atoms with Crippen molar-refractivity contribution in [2.45, 2.75) is 26.5 Å². The van der Waals surface area contributed by atoms with E-state index in [1.807, 2.05) is 61.7 Å². The van der Waals surface area contributed by atoms with Crippen LogP contribution in [-0.4, -0.2) is 22.0 Å². The smallest absolute Gasteiger partial charge is 0.239 e. The minimum absolute atomic E-state index is 0.111. The minimum atomic E-state index is -0.190. The number of pyridine rings is 1. The quantitative estimate of drug-likeness (QED) is 0.462. The molecule has 0 fully saturated rings. The van der Waals surface area contributed by atoms with Crippen molar-refractivity contribution in [3.8, 4) is 5.75 Å². The van der Waals surface area contributed by atoms with E-state index < -0.39 is 0 Å². The normalized spacial score (nSPS) is 10.9. The van der Waals surface area contributed by atoms with Gasteiger partial charge in [-0.05, 0) is 30.5 Å². The Hall–Kier alpha value is -3.80. The lowest BCUT2D eigenvalue weighted by atomic mass is 10.1. The van der Waals surface area contributed by atoms with Crippen LogP contribution >= 0.6 is 0 Å². The molecule has 158 valence electrons. The van der Waals surface area contributed by atoms with Gasteiger partial charge in [0.15, 0.2) is 5.75 Å². The Bertz CT molecular complexity index is 1240. The van der Waals surface area contributed by atoms with Crippen molar-refractivity contribution >= 4 is 16.8 Å². The second-order valence-corrected chi connectivity index (χ2v) is 7.50. The van der Waals surface area contributed by atoms with Crippen molar-refractivity contribution < 1.29 is 9.53 Å². The average Bonchev–Trinajstić information content (AvgIpc) is 3.19. The van der Waals surface area contributed by atoms with Gasteiger partial charge in [-0.25, -0.2) is 0 Å². The molecule has 4 aromatic rings. The summed E-state index contributed by atoms with van der Waals surface area (Å²) in [5.41, 5.74) is 3.76. The number of rotatable bonds is 8. The van der Waals surface area contributed by atoms with Gasteiger partial charge in [0.05, 0.1) is 6.20 Å². The number of fused-ring (bicyclic) bond motifs is 1. The van der Waals surface area contributed by atoms with Gasteiger partial charge < -0.3 is 19.6 Å². The molecular formula is C25H25N3O3. The number of carbonyl (C=O) groups excluding carboxylic acids is 1. The van der Waals surface area contributed by atoms with E-state index in [1.165, 1.54) is 17.0 Å². The second-order valence-electron chi connectivity index (χ2n) is 7.50. The van der Waals surface area contributed by atoms with E-state index in [4.69, 9.17) is 4.74 Å². The molecule has 31 heavy (non-hydrogen) atoms. The minimum Gasteiger partial charge on any atom is -0.483 e. The third kappa shape index (κ3) is 5.04. The number of H-pyrrole nitrogens is 1. The third-order valence-corrected chi connectivity index (χ3v) is 5.25. The zero-order valence-electron chi connectivity index (χ0n) is 17.4. The summed E-state index contributed by atoms with van der Waals surface area (Å²) in [6, 6.07) is 19.3. The molecule has 0 radical (unpaired) electrons. The lowest BCUT2D eigenvalue weighted by molar-refractivity contribution is -0.121. The Morgan fingerprint density at radius 2 is 1.87 bits per heavy atom. The molecule has 1 amide bonds. The summed E-state index contributed by atoms with van der Waals surface area (Å²) < 4.78 is 7.44. The number of aryl methyl sites for hydroxylation is 1. The van der Waals surface area contributed by atoms with Crippen LogP contribution in [0.1, 0.15) is 16.8 Å². The fourth-order valence-electron chi connectivity index (χ4n) is 3.55. The maximum absolute atomic E-state index is 12.5. The number of hydrogen-bond acceptors (Lipinski definition) is 3. The largest absolute Gasteiger partial charge is 0.483 e. The first-order valence-electron chi connectivity index (χ1n) is 10.3. The van der Waals surface area contributed by atoms with E-state index in [0.29, 0.717) is 18.8 Å². The summed E-state index contributed by atoms with van der Waals surface area (Å²) in [6.07, 6.45) is 4.34. The lowest BCUT2D eigenvalue weighted by Crippen LogP contribution is -2.30. The van der Waals surface area contributed by atoms with Crippen molar-refractivity contribution in [1.29, 1.82) is 0 Å². The van der Waals surface area contributed by atoms with Gasteiger partial charge in [-0.15, -0.1) is 0 Å². The van der Waals surface area contributed by atoms with Crippen LogP contribution in [0.25, 0.3) is 10.9 Å². The van der Waals surface area contributed by atoms with Crippen molar-refractivity contribution in [2.24, 2.45) is 0 Å². The number of ether oxygens (including phenoxy) is 1. The van der Waals surface area contributed by atoms with Crippen LogP contribution in [0.15, 0.2) is 77.9 Å². The highest BCUT2D eigenvalue weighted by Gasteiger charge is 2.10. The molecule has 2 aromatic heterocycles. The van der Waals surface area contributed by atoms with Crippen LogP contribution in [0.3, 0.4) is 0 Å². The fraction of sp³-hybridized carbons (Fsp3) is 0.200. The van der Waals surface area contributed by atoms with Crippen LogP contribution < -0.4 is 15.5 Å². The Morgan fingerprint density at radius 1 is 1.10 bits per heavy atom. The number of nitrogens with one attached hydrogen (secondary N) is 2. The van der Waals surface area contributed by atoms with E-state index in [0.717, 1.165) is 17.5 Å². The molecule has 0 atom stereocenters. The molecule has 2 aromatic carbocycles. The number of aromatic nitrogens is 2. The number of aromatic amines is 1. The molecule has 0 aliphatic rings. The molecular weight excluding hydrogens is 390 g/mol. The Kier molecular flexibility index (Phi) is 6.17. The number of nitrogens with zero attached hydrogens (tertiary/aromatic N) is 1. The molecule has 2 heterocycles. The molecule has 6 nitrogen and oxygen atoms in total. The van der Waals surface area contributed by atoms with Crippen LogP contribution in [-0.2, 0) is 24.4 Å². The van der Waals surface area contributed by atoms with Gasteiger partial charge in [0, 0.05) is 35.4 Å². The van der Waals surface area contributed by atoms with Crippen molar-refractivity contribution in [3.05, 3.63) is 100 Å². The zero-order chi connectivity index (χ0) is 21.6. The summed E-state index contributed by atoms with van der Waals surface area (Å²) in [4.78, 5) is 28.0. The molecule has 0 unspecified atom stereocenters. The summed E-state index contributed by atoms with van der Waals surface area (Å²) in [5, 5.41) is 4.13. The number of carbonyl (C=O) groups is 1. The predicted molar refractivity (Wildman–Crippen MR) is 121 cm³/mol. The van der Waals surface area contributed by atoms with Crippen molar-refractivity contribution in [1.82, 2.24) is 14.9 Å². The monoisotopic (exact) mass is 415 g/mol. The van der Waals surface area contributed by atoms with E-state index >= 15 is 0 Å². The highest BCUT2D eigenvalue weighted by Crippen LogP contribution is 2.17. The predicted octanol–water partition coefficient (Wildman–Crippen LogP) is 3.58. The van der Waals surface area contributed by atoms with Crippen LogP contribution in [0.2, 0.25) is 0 Å². The number of hydrogen-bond donors (Lipinski definition) is 2. The highest BCUT2D eigenvalue weighted by molar-refractivity contribution is 5.83. The second kappa shape index (κ2) is 9.34. The Morgan fingerprint density at radius 3 is 2.71 bits per heavy atom. The number of amides is 1. The summed E-state index contributed by atoms with van der Waals surface area (Å²) in [5.74, 6) is 0.127. The van der Waals surface area contributed by atoms with Crippen LogP contribution in [0.4, 0.5) is 0 Å². The molecule has 6 heteroatoms. The van der Waals surface area contributed by atoms with Crippen molar-refractivity contribution in [2.75, 3.05) is 6.54 Å². The molecule has 2 N–H and O–H groups in total. The van der Waals surface area contributed by atoms with Gasteiger partial charge >= 0.3 is 0 Å². The van der Waals surface area contributed by atoms with Crippen LogP contribution in [0.5, 0.6) is 5.75 Å². The van der Waals surface area contributed by atoms with Gasteiger partial charge in [-0.1, -0.05) is 48.5 Å².